The van der Waals surface area contributed by atoms with Crippen LogP contribution >= 0.6 is 22.6 Å². The predicted molar refractivity (Wildman–Crippen MR) is 93.6 cm³/mol. The molecular weight excluding hydrogens is 359 g/mol. The molecule has 20 heavy (non-hydrogen) atoms. The lowest BCUT2D eigenvalue weighted by atomic mass is 10.0. The molecular formula is C18H17IO. The first kappa shape index (κ1) is 15.0. The number of hydrogen-bond donors (Lipinski definition) is 0. The Kier molecular flexibility index (Phi) is 5.53. The number of halogens is 1. The van der Waals surface area contributed by atoms with E-state index in [0.29, 0.717) is 5.92 Å². The maximum absolute atomic E-state index is 12.1. The third-order valence-electron chi connectivity index (χ3n) is 3.22. The van der Waals surface area contributed by atoms with Crippen molar-refractivity contribution in [1.29, 1.82) is 0 Å². The van der Waals surface area contributed by atoms with Crippen LogP contribution in [0.15, 0.2) is 60.7 Å². The molecule has 2 heteroatoms. The fourth-order valence-corrected chi connectivity index (χ4v) is 2.41. The average Bonchev–Trinajstić information content (AvgIpc) is 2.53. The van der Waals surface area contributed by atoms with Crippen LogP contribution in [0.2, 0.25) is 0 Å². The fraction of sp³-hybridized carbons (Fsp3) is 0.167. The van der Waals surface area contributed by atoms with Crippen LogP contribution in [0.3, 0.4) is 0 Å². The van der Waals surface area contributed by atoms with Crippen molar-refractivity contribution in [1.82, 2.24) is 0 Å². The number of rotatable bonds is 5. The van der Waals surface area contributed by atoms with Gasteiger partial charge in [-0.1, -0.05) is 90.2 Å². The van der Waals surface area contributed by atoms with Crippen molar-refractivity contribution in [3.63, 3.8) is 0 Å². The summed E-state index contributed by atoms with van der Waals surface area (Å²) in [4.78, 5) is 12.1. The van der Waals surface area contributed by atoms with Gasteiger partial charge in [0.05, 0.1) is 0 Å². The lowest BCUT2D eigenvalue weighted by molar-refractivity contribution is 0.104. The summed E-state index contributed by atoms with van der Waals surface area (Å²) < 4.78 is 1.08. The molecule has 2 aromatic rings. The van der Waals surface area contributed by atoms with Crippen LogP contribution in [0.5, 0.6) is 0 Å². The minimum Gasteiger partial charge on any atom is -0.289 e. The number of benzene rings is 2. The second-order valence-electron chi connectivity index (χ2n) is 4.79. The van der Waals surface area contributed by atoms with Gasteiger partial charge in [-0.3, -0.25) is 4.79 Å². The van der Waals surface area contributed by atoms with Crippen LogP contribution in [-0.4, -0.2) is 10.2 Å². The normalized spacial score (nSPS) is 12.5. The molecule has 2 rings (SSSR count). The molecule has 0 aliphatic rings. The summed E-state index contributed by atoms with van der Waals surface area (Å²) in [6.07, 6.45) is 3.48. The van der Waals surface area contributed by atoms with Crippen LogP contribution in [0.25, 0.3) is 6.08 Å². The highest BCUT2D eigenvalue weighted by molar-refractivity contribution is 14.1. The fourth-order valence-electron chi connectivity index (χ4n) is 1.90. The van der Waals surface area contributed by atoms with Gasteiger partial charge in [0.15, 0.2) is 5.78 Å². The van der Waals surface area contributed by atoms with Crippen molar-refractivity contribution in [2.45, 2.75) is 12.8 Å². The highest BCUT2D eigenvalue weighted by Crippen LogP contribution is 2.18. The Morgan fingerprint density at radius 2 is 1.75 bits per heavy atom. The summed E-state index contributed by atoms with van der Waals surface area (Å²) >= 11 is 2.38. The number of carbonyl (C=O) groups excluding carboxylic acids is 1. The molecule has 0 aromatic heterocycles. The van der Waals surface area contributed by atoms with Crippen molar-refractivity contribution in [2.24, 2.45) is 0 Å². The van der Waals surface area contributed by atoms with Crippen molar-refractivity contribution in [3.8, 4) is 0 Å². The first-order valence-corrected chi connectivity index (χ1v) is 8.16. The van der Waals surface area contributed by atoms with Crippen LogP contribution in [0, 0.1) is 0 Å². The van der Waals surface area contributed by atoms with E-state index in [4.69, 9.17) is 0 Å². The summed E-state index contributed by atoms with van der Waals surface area (Å²) in [5, 5.41) is 0. The zero-order valence-corrected chi connectivity index (χ0v) is 13.6. The SMILES string of the molecule is CC(CI)c1ccc(C(=O)C=Cc2ccccc2)cc1. The predicted octanol–water partition coefficient (Wildman–Crippen LogP) is 5.12. The molecule has 0 amide bonds. The zero-order valence-electron chi connectivity index (χ0n) is 11.4. The van der Waals surface area contributed by atoms with Crippen LogP contribution in [-0.2, 0) is 0 Å². The van der Waals surface area contributed by atoms with Gasteiger partial charge in [-0.15, -0.1) is 0 Å². The molecule has 2 aromatic carbocycles. The molecule has 0 saturated heterocycles. The van der Waals surface area contributed by atoms with E-state index in [-0.39, 0.29) is 5.78 Å². The third kappa shape index (κ3) is 4.04. The lowest BCUT2D eigenvalue weighted by Crippen LogP contribution is -1.97. The summed E-state index contributed by atoms with van der Waals surface area (Å²) in [6, 6.07) is 17.8. The molecule has 0 spiro atoms. The summed E-state index contributed by atoms with van der Waals surface area (Å²) in [5.41, 5.74) is 3.06. The molecule has 0 aliphatic heterocycles. The number of carbonyl (C=O) groups is 1. The molecule has 0 fully saturated rings. The highest BCUT2D eigenvalue weighted by atomic mass is 127. The Hall–Kier alpha value is -1.42. The van der Waals surface area contributed by atoms with Crippen LogP contribution < -0.4 is 0 Å². The molecule has 1 atom stereocenters. The molecule has 1 nitrogen and oxygen atoms in total. The standard InChI is InChI=1S/C18H17IO/c1-14(13-19)16-8-10-17(11-9-16)18(20)12-7-15-5-3-2-4-6-15/h2-12,14H,13H2,1H3. The van der Waals surface area contributed by atoms with Crippen LogP contribution in [0.4, 0.5) is 0 Å². The summed E-state index contributed by atoms with van der Waals surface area (Å²) in [6.45, 7) is 2.19. The maximum Gasteiger partial charge on any atom is 0.185 e. The quantitative estimate of drug-likeness (QED) is 0.306. The lowest BCUT2D eigenvalue weighted by Gasteiger charge is -2.07. The monoisotopic (exact) mass is 376 g/mol. The average molecular weight is 376 g/mol. The van der Waals surface area contributed by atoms with E-state index in [1.54, 1.807) is 6.08 Å². The Morgan fingerprint density at radius 3 is 2.35 bits per heavy atom. The Bertz CT molecular complexity index is 585. The Balaban J connectivity index is 2.08. The summed E-state index contributed by atoms with van der Waals surface area (Å²) in [5.74, 6) is 0.571. The van der Waals surface area contributed by atoms with E-state index in [2.05, 4.69) is 29.5 Å². The summed E-state index contributed by atoms with van der Waals surface area (Å²) in [7, 11) is 0. The zero-order chi connectivity index (χ0) is 14.4. The molecule has 0 N–H and O–H groups in total. The van der Waals surface area contributed by atoms with Crippen molar-refractivity contribution in [2.75, 3.05) is 4.43 Å². The van der Waals surface area contributed by atoms with E-state index < -0.39 is 0 Å². The van der Waals surface area contributed by atoms with Gasteiger partial charge in [0.2, 0.25) is 0 Å². The van der Waals surface area contributed by atoms with Crippen molar-refractivity contribution < 1.29 is 4.79 Å². The van der Waals surface area contributed by atoms with E-state index in [9.17, 15) is 4.79 Å². The number of hydrogen-bond acceptors (Lipinski definition) is 1. The van der Waals surface area contributed by atoms with Gasteiger partial charge in [-0.25, -0.2) is 0 Å². The first-order valence-electron chi connectivity index (χ1n) is 6.64. The Labute approximate surface area is 133 Å². The van der Waals surface area contributed by atoms with E-state index in [1.165, 1.54) is 5.56 Å². The molecule has 0 bridgehead atoms. The highest BCUT2D eigenvalue weighted by Gasteiger charge is 2.05. The van der Waals surface area contributed by atoms with Gasteiger partial charge in [0.25, 0.3) is 0 Å². The smallest absolute Gasteiger partial charge is 0.185 e. The number of ketones is 1. The van der Waals surface area contributed by atoms with Crippen molar-refractivity contribution >= 4 is 34.5 Å². The van der Waals surface area contributed by atoms with Gasteiger partial charge in [0, 0.05) is 9.99 Å². The number of alkyl halides is 1. The molecule has 0 heterocycles. The van der Waals surface area contributed by atoms with E-state index >= 15 is 0 Å². The van der Waals surface area contributed by atoms with Gasteiger partial charge >= 0.3 is 0 Å². The third-order valence-corrected chi connectivity index (χ3v) is 4.54. The molecule has 0 saturated carbocycles. The molecule has 0 aliphatic carbocycles. The largest absolute Gasteiger partial charge is 0.289 e. The first-order chi connectivity index (χ1) is 9.70. The van der Waals surface area contributed by atoms with Crippen LogP contribution in [0.1, 0.15) is 34.3 Å². The van der Waals surface area contributed by atoms with Crippen molar-refractivity contribution in [3.05, 3.63) is 77.4 Å². The minimum absolute atomic E-state index is 0.0440. The van der Waals surface area contributed by atoms with Gasteiger partial charge < -0.3 is 0 Å². The second-order valence-corrected chi connectivity index (χ2v) is 5.67. The minimum atomic E-state index is 0.0440. The molecule has 102 valence electrons. The number of allylic oxidation sites excluding steroid dienone is 1. The second kappa shape index (κ2) is 7.39. The van der Waals surface area contributed by atoms with Gasteiger partial charge in [0.1, 0.15) is 0 Å². The van der Waals surface area contributed by atoms with Gasteiger partial charge in [-0.05, 0) is 23.1 Å². The molecule has 0 radical (unpaired) electrons. The molecule has 1 unspecified atom stereocenters. The van der Waals surface area contributed by atoms with Gasteiger partial charge in [-0.2, -0.15) is 0 Å². The maximum atomic E-state index is 12.1. The topological polar surface area (TPSA) is 17.1 Å². The Morgan fingerprint density at radius 1 is 1.10 bits per heavy atom. The van der Waals surface area contributed by atoms with E-state index in [0.717, 1.165) is 15.6 Å². The van der Waals surface area contributed by atoms with E-state index in [1.807, 2.05) is 60.7 Å².